The third kappa shape index (κ3) is 6.15. The lowest BCUT2D eigenvalue weighted by Gasteiger charge is -2.30. The van der Waals surface area contributed by atoms with E-state index in [4.69, 9.17) is 4.74 Å². The first-order valence-corrected chi connectivity index (χ1v) is 8.60. The second-order valence-corrected chi connectivity index (χ2v) is 8.45. The summed E-state index contributed by atoms with van der Waals surface area (Å²) in [4.78, 5) is 0. The first kappa shape index (κ1) is 20.0. The molecule has 3 nitrogen and oxygen atoms in total. The molecule has 3 heteroatoms. The van der Waals surface area contributed by atoms with E-state index in [2.05, 4.69) is 27.7 Å². The first-order chi connectivity index (χ1) is 10.6. The summed E-state index contributed by atoms with van der Waals surface area (Å²) in [6.45, 7) is 13.3. The van der Waals surface area contributed by atoms with E-state index in [1.165, 1.54) is 0 Å². The molecular formula is C20H34O3. The van der Waals surface area contributed by atoms with Crippen LogP contribution in [-0.4, -0.2) is 23.4 Å². The first-order valence-electron chi connectivity index (χ1n) is 8.60. The topological polar surface area (TPSA) is 49.7 Å². The number of hydrogen-bond acceptors (Lipinski definition) is 3. The summed E-state index contributed by atoms with van der Waals surface area (Å²) < 4.78 is 5.97. The Morgan fingerprint density at radius 3 is 2.26 bits per heavy atom. The van der Waals surface area contributed by atoms with Crippen molar-refractivity contribution in [3.63, 3.8) is 0 Å². The average molecular weight is 322 g/mol. The van der Waals surface area contributed by atoms with Crippen molar-refractivity contribution in [3.05, 3.63) is 29.8 Å². The van der Waals surface area contributed by atoms with Gasteiger partial charge in [0.25, 0.3) is 0 Å². The van der Waals surface area contributed by atoms with Gasteiger partial charge in [-0.15, -0.1) is 0 Å². The molecule has 1 atom stereocenters. The van der Waals surface area contributed by atoms with Gasteiger partial charge in [0.2, 0.25) is 0 Å². The van der Waals surface area contributed by atoms with Crippen molar-refractivity contribution in [1.82, 2.24) is 0 Å². The number of para-hydroxylation sites is 1. The maximum Gasteiger partial charge on any atom is 0.125 e. The summed E-state index contributed by atoms with van der Waals surface area (Å²) in [5.41, 5.74) is 0.385. The summed E-state index contributed by atoms with van der Waals surface area (Å²) in [6.07, 6.45) is 1.38. The normalized spacial score (nSPS) is 14.1. The minimum atomic E-state index is -0.757. The molecule has 1 unspecified atom stereocenters. The van der Waals surface area contributed by atoms with Gasteiger partial charge >= 0.3 is 0 Å². The van der Waals surface area contributed by atoms with E-state index in [9.17, 15) is 10.2 Å². The lowest BCUT2D eigenvalue weighted by atomic mass is 9.81. The second kappa shape index (κ2) is 8.16. The Balaban J connectivity index is 2.75. The summed E-state index contributed by atoms with van der Waals surface area (Å²) >= 11 is 0. The Labute approximate surface area is 141 Å². The molecule has 0 fully saturated rings. The zero-order valence-corrected chi connectivity index (χ0v) is 15.6. The summed E-state index contributed by atoms with van der Waals surface area (Å²) in [7, 11) is 0. The molecular weight excluding hydrogens is 288 g/mol. The lowest BCUT2D eigenvalue weighted by molar-refractivity contribution is 0.00457. The Hall–Kier alpha value is -1.06. The smallest absolute Gasteiger partial charge is 0.125 e. The maximum atomic E-state index is 10.6. The van der Waals surface area contributed by atoms with E-state index < -0.39 is 11.5 Å². The molecule has 0 aliphatic rings. The van der Waals surface area contributed by atoms with E-state index >= 15 is 0 Å². The fourth-order valence-corrected chi connectivity index (χ4v) is 2.99. The van der Waals surface area contributed by atoms with Crippen LogP contribution in [0.25, 0.3) is 0 Å². The van der Waals surface area contributed by atoms with Gasteiger partial charge in [0.15, 0.2) is 0 Å². The summed E-state index contributed by atoms with van der Waals surface area (Å²) in [6, 6.07) is 7.57. The summed E-state index contributed by atoms with van der Waals surface area (Å²) in [5, 5.41) is 20.0. The van der Waals surface area contributed by atoms with Crippen LogP contribution in [0.5, 0.6) is 5.75 Å². The second-order valence-electron chi connectivity index (χ2n) is 8.45. The van der Waals surface area contributed by atoms with Crippen LogP contribution in [0.15, 0.2) is 24.3 Å². The van der Waals surface area contributed by atoms with Crippen LogP contribution in [0.1, 0.15) is 66.1 Å². The van der Waals surface area contributed by atoms with Crippen molar-refractivity contribution in [3.8, 4) is 5.75 Å². The van der Waals surface area contributed by atoms with Crippen molar-refractivity contribution in [2.24, 2.45) is 16.7 Å². The molecule has 0 amide bonds. The van der Waals surface area contributed by atoms with Crippen LogP contribution in [0.2, 0.25) is 0 Å². The minimum absolute atomic E-state index is 0.0794. The van der Waals surface area contributed by atoms with E-state index in [0.29, 0.717) is 18.3 Å². The van der Waals surface area contributed by atoms with Gasteiger partial charge < -0.3 is 14.9 Å². The fourth-order valence-electron chi connectivity index (χ4n) is 2.99. The van der Waals surface area contributed by atoms with Crippen LogP contribution < -0.4 is 4.74 Å². The third-order valence-corrected chi connectivity index (χ3v) is 4.36. The van der Waals surface area contributed by atoms with Crippen molar-refractivity contribution >= 4 is 0 Å². The number of aliphatic hydroxyl groups excluding tert-OH is 2. The standard InChI is InChI=1S/C20H34O3/c1-15(2)13-19(3,4)11-12-23-17-10-8-7-9-16(17)18(22)20(5,6)14-21/h7-10,15,18,21-22H,11-14H2,1-6H3. The summed E-state index contributed by atoms with van der Waals surface area (Å²) in [5.74, 6) is 1.38. The van der Waals surface area contributed by atoms with Crippen molar-refractivity contribution < 1.29 is 14.9 Å². The van der Waals surface area contributed by atoms with Gasteiger partial charge in [-0.2, -0.15) is 0 Å². The molecule has 0 saturated heterocycles. The van der Waals surface area contributed by atoms with Crippen molar-refractivity contribution in [2.75, 3.05) is 13.2 Å². The predicted molar refractivity (Wildman–Crippen MR) is 95.6 cm³/mol. The molecule has 0 aliphatic heterocycles. The van der Waals surface area contributed by atoms with Gasteiger partial charge in [-0.25, -0.2) is 0 Å². The monoisotopic (exact) mass is 322 g/mol. The predicted octanol–water partition coefficient (Wildman–Crippen LogP) is 4.58. The Morgan fingerprint density at radius 1 is 1.09 bits per heavy atom. The minimum Gasteiger partial charge on any atom is -0.493 e. The van der Waals surface area contributed by atoms with E-state index in [-0.39, 0.29) is 12.0 Å². The largest absolute Gasteiger partial charge is 0.493 e. The Bertz CT molecular complexity index is 478. The molecule has 0 aliphatic carbocycles. The van der Waals surface area contributed by atoms with Gasteiger partial charge in [0.05, 0.1) is 19.3 Å². The zero-order chi connectivity index (χ0) is 17.7. The number of rotatable bonds is 9. The highest BCUT2D eigenvalue weighted by Crippen LogP contribution is 2.37. The van der Waals surface area contributed by atoms with Gasteiger partial charge in [-0.3, -0.25) is 0 Å². The highest BCUT2D eigenvalue weighted by Gasteiger charge is 2.30. The van der Waals surface area contributed by atoms with Gasteiger partial charge in [-0.05, 0) is 30.2 Å². The Morgan fingerprint density at radius 2 is 1.70 bits per heavy atom. The lowest BCUT2D eigenvalue weighted by Crippen LogP contribution is -2.26. The molecule has 1 aromatic rings. The highest BCUT2D eigenvalue weighted by molar-refractivity contribution is 5.36. The zero-order valence-electron chi connectivity index (χ0n) is 15.6. The fraction of sp³-hybridized carbons (Fsp3) is 0.700. The molecule has 0 spiro atoms. The molecule has 0 aromatic heterocycles. The molecule has 23 heavy (non-hydrogen) atoms. The van der Waals surface area contributed by atoms with E-state index in [1.54, 1.807) is 0 Å². The quantitative estimate of drug-likeness (QED) is 0.699. The maximum absolute atomic E-state index is 10.6. The molecule has 132 valence electrons. The molecule has 1 aromatic carbocycles. The number of hydrogen-bond donors (Lipinski definition) is 2. The molecule has 1 rings (SSSR count). The van der Waals surface area contributed by atoms with Crippen LogP contribution in [0.3, 0.4) is 0 Å². The number of aliphatic hydroxyl groups is 2. The van der Waals surface area contributed by atoms with Gasteiger partial charge in [-0.1, -0.05) is 59.7 Å². The molecule has 0 bridgehead atoms. The van der Waals surface area contributed by atoms with Gasteiger partial charge in [0.1, 0.15) is 5.75 Å². The van der Waals surface area contributed by atoms with E-state index in [0.717, 1.165) is 18.4 Å². The molecule has 0 heterocycles. The third-order valence-electron chi connectivity index (χ3n) is 4.36. The molecule has 0 saturated carbocycles. The van der Waals surface area contributed by atoms with Crippen LogP contribution in [-0.2, 0) is 0 Å². The number of ether oxygens (including phenoxy) is 1. The SMILES string of the molecule is CC(C)CC(C)(C)CCOc1ccccc1C(O)C(C)(C)CO. The molecule has 2 N–H and O–H groups in total. The Kier molecular flexibility index (Phi) is 7.09. The average Bonchev–Trinajstić information content (AvgIpc) is 2.45. The van der Waals surface area contributed by atoms with Crippen LogP contribution in [0.4, 0.5) is 0 Å². The van der Waals surface area contributed by atoms with E-state index in [1.807, 2.05) is 38.1 Å². The molecule has 0 radical (unpaired) electrons. The van der Waals surface area contributed by atoms with Crippen molar-refractivity contribution in [2.45, 2.75) is 60.5 Å². The van der Waals surface area contributed by atoms with Crippen LogP contribution in [0, 0.1) is 16.7 Å². The van der Waals surface area contributed by atoms with Gasteiger partial charge in [0, 0.05) is 11.0 Å². The number of benzene rings is 1. The van der Waals surface area contributed by atoms with Crippen molar-refractivity contribution in [1.29, 1.82) is 0 Å². The highest BCUT2D eigenvalue weighted by atomic mass is 16.5. The van der Waals surface area contributed by atoms with Crippen LogP contribution >= 0.6 is 0 Å².